The van der Waals surface area contributed by atoms with Crippen LogP contribution in [0.1, 0.15) is 43.7 Å². The molecule has 34 heavy (non-hydrogen) atoms. The Hall–Kier alpha value is -3.14. The quantitative estimate of drug-likeness (QED) is 0.416. The number of fused-ring (bicyclic) bond motifs is 1. The number of hydrogen-bond acceptors (Lipinski definition) is 7. The summed E-state index contributed by atoms with van der Waals surface area (Å²) in [6, 6.07) is 10.9. The van der Waals surface area contributed by atoms with Gasteiger partial charge >= 0.3 is 12.1 Å². The lowest BCUT2D eigenvalue weighted by Crippen LogP contribution is -2.25. The Morgan fingerprint density at radius 3 is 2.38 bits per heavy atom. The minimum atomic E-state index is -4.36. The van der Waals surface area contributed by atoms with Crippen LogP contribution < -0.4 is 0 Å². The van der Waals surface area contributed by atoms with Crippen LogP contribution in [0, 0.1) is 0 Å². The maximum atomic E-state index is 12.8. The summed E-state index contributed by atoms with van der Waals surface area (Å²) < 4.78 is 49.4. The summed E-state index contributed by atoms with van der Waals surface area (Å²) in [5.41, 5.74) is 1.27. The smallest absolute Gasteiger partial charge is 0.416 e. The van der Waals surface area contributed by atoms with Gasteiger partial charge in [-0.25, -0.2) is 0 Å². The van der Waals surface area contributed by atoms with Crippen molar-refractivity contribution in [2.45, 2.75) is 56.8 Å². The molecule has 0 unspecified atom stereocenters. The lowest BCUT2D eigenvalue weighted by molar-refractivity contribution is -0.154. The third kappa shape index (κ3) is 6.05. The van der Waals surface area contributed by atoms with Crippen LogP contribution in [0.5, 0.6) is 0 Å². The molecule has 2 heterocycles. The summed E-state index contributed by atoms with van der Waals surface area (Å²) >= 11 is 1.45. The van der Waals surface area contributed by atoms with Gasteiger partial charge in [0.1, 0.15) is 12.0 Å². The fraction of sp³-hybridized carbons (Fsp3) is 0.333. The van der Waals surface area contributed by atoms with Crippen LogP contribution in [0.25, 0.3) is 11.1 Å². The highest BCUT2D eigenvalue weighted by atomic mass is 32.2. The molecule has 4 rings (SSSR count). The number of nitrogens with zero attached hydrogens (tertiary/aromatic N) is 3. The first-order valence-corrected chi connectivity index (χ1v) is 11.3. The van der Waals surface area contributed by atoms with Crippen molar-refractivity contribution >= 4 is 22.8 Å². The Bertz CT molecular complexity index is 1230. The lowest BCUT2D eigenvalue weighted by atomic mass is 10.0. The van der Waals surface area contributed by atoms with Crippen molar-refractivity contribution in [1.82, 2.24) is 10.2 Å². The Labute approximate surface area is 198 Å². The number of carbonyl (C=O) groups excluding carboxylic acids is 1. The Balaban J connectivity index is 1.42. The molecule has 1 aromatic heterocycles. The molecule has 0 aliphatic carbocycles. The van der Waals surface area contributed by atoms with Crippen LogP contribution in [0.4, 0.5) is 13.2 Å². The second kappa shape index (κ2) is 9.25. The van der Waals surface area contributed by atoms with E-state index in [0.29, 0.717) is 24.4 Å². The first-order valence-electron chi connectivity index (χ1n) is 10.5. The number of carbonyl (C=O) groups is 1. The van der Waals surface area contributed by atoms with Gasteiger partial charge in [0.25, 0.3) is 0 Å². The summed E-state index contributed by atoms with van der Waals surface area (Å²) in [4.78, 5) is 17.5. The molecule has 1 aliphatic rings. The van der Waals surface area contributed by atoms with Gasteiger partial charge in [-0.2, -0.15) is 13.2 Å². The van der Waals surface area contributed by atoms with Crippen molar-refractivity contribution in [3.63, 3.8) is 0 Å². The zero-order valence-electron chi connectivity index (χ0n) is 18.8. The largest absolute Gasteiger partial charge is 0.460 e. The normalized spacial score (nSPS) is 13.9. The number of halogens is 3. The fourth-order valence-electron chi connectivity index (χ4n) is 3.30. The molecule has 0 bridgehead atoms. The van der Waals surface area contributed by atoms with E-state index in [1.165, 1.54) is 23.9 Å². The van der Waals surface area contributed by atoms with Gasteiger partial charge in [-0.15, -0.1) is 10.2 Å². The third-order valence-electron chi connectivity index (χ3n) is 4.79. The highest BCUT2D eigenvalue weighted by molar-refractivity contribution is 8.14. The van der Waals surface area contributed by atoms with Crippen molar-refractivity contribution in [2.75, 3.05) is 0 Å². The minimum Gasteiger partial charge on any atom is -0.460 e. The zero-order chi connectivity index (χ0) is 24.5. The molecule has 3 aromatic rings. The van der Waals surface area contributed by atoms with Gasteiger partial charge in [-0.3, -0.25) is 9.79 Å². The Morgan fingerprint density at radius 1 is 1.03 bits per heavy atom. The van der Waals surface area contributed by atoms with Crippen LogP contribution in [0.3, 0.4) is 0 Å². The molecule has 0 saturated carbocycles. The monoisotopic (exact) mass is 489 g/mol. The van der Waals surface area contributed by atoms with E-state index in [-0.39, 0.29) is 12.3 Å². The molecule has 0 spiro atoms. The van der Waals surface area contributed by atoms with Gasteiger partial charge in [0.15, 0.2) is 0 Å². The summed E-state index contributed by atoms with van der Waals surface area (Å²) in [5, 5.41) is 8.68. The maximum Gasteiger partial charge on any atom is 0.416 e. The second-order valence-electron chi connectivity index (χ2n) is 8.74. The number of thioether (sulfide) groups is 1. The number of alkyl halides is 3. The number of ether oxygens (including phenoxy) is 1. The standard InChI is InChI=1S/C24H22F3N3O3S/c1-23(2,3)33-22(31)12-20-30-29-19(32-20)11-21-28-13-16-5-4-15(10-18(16)34-21)14-6-8-17(9-7-14)24(25,26)27/h4-10H,11-13H2,1-3H3. The predicted molar refractivity (Wildman–Crippen MR) is 121 cm³/mol. The van der Waals surface area contributed by atoms with Crippen LogP contribution in [0.15, 0.2) is 56.8 Å². The van der Waals surface area contributed by atoms with Crippen LogP contribution in [0.2, 0.25) is 0 Å². The Kier molecular flexibility index (Phi) is 6.53. The fourth-order valence-corrected chi connectivity index (χ4v) is 4.33. The van der Waals surface area contributed by atoms with E-state index in [1.807, 2.05) is 18.2 Å². The molecular weight excluding hydrogens is 467 g/mol. The minimum absolute atomic E-state index is 0.108. The Morgan fingerprint density at radius 2 is 1.71 bits per heavy atom. The third-order valence-corrected chi connectivity index (χ3v) is 5.90. The number of aromatic nitrogens is 2. The molecule has 0 radical (unpaired) electrons. The maximum absolute atomic E-state index is 12.8. The van der Waals surface area contributed by atoms with Crippen molar-refractivity contribution in [3.8, 4) is 11.1 Å². The summed E-state index contributed by atoms with van der Waals surface area (Å²) in [7, 11) is 0. The summed E-state index contributed by atoms with van der Waals surface area (Å²) in [6.45, 7) is 5.82. The molecule has 0 N–H and O–H groups in total. The number of aliphatic imine (C=N–C) groups is 1. The van der Waals surface area contributed by atoms with E-state index >= 15 is 0 Å². The summed E-state index contributed by atoms with van der Waals surface area (Å²) in [6.07, 6.45) is -4.16. The van der Waals surface area contributed by atoms with Crippen LogP contribution in [-0.4, -0.2) is 26.8 Å². The van der Waals surface area contributed by atoms with Crippen molar-refractivity contribution < 1.29 is 27.1 Å². The molecular formula is C24H22F3N3O3S. The van der Waals surface area contributed by atoms with Crippen LogP contribution in [-0.2, 0) is 35.1 Å². The topological polar surface area (TPSA) is 77.6 Å². The number of benzene rings is 2. The molecule has 178 valence electrons. The van der Waals surface area contributed by atoms with Crippen molar-refractivity contribution in [3.05, 3.63) is 65.4 Å². The molecule has 2 aromatic carbocycles. The molecule has 6 nitrogen and oxygen atoms in total. The molecule has 0 amide bonds. The van der Waals surface area contributed by atoms with E-state index in [0.717, 1.165) is 33.2 Å². The SMILES string of the molecule is CC(C)(C)OC(=O)Cc1nnc(CC2=NCc3ccc(-c4ccc(C(F)(F)F)cc4)cc3S2)o1. The van der Waals surface area contributed by atoms with Gasteiger partial charge in [-0.05, 0) is 55.7 Å². The molecule has 10 heteroatoms. The van der Waals surface area contributed by atoms with Gasteiger partial charge < -0.3 is 9.15 Å². The van der Waals surface area contributed by atoms with E-state index in [1.54, 1.807) is 20.8 Å². The predicted octanol–water partition coefficient (Wildman–Crippen LogP) is 5.89. The number of rotatable bonds is 5. The lowest BCUT2D eigenvalue weighted by Gasteiger charge is -2.18. The first kappa shape index (κ1) is 24.0. The molecule has 1 aliphatic heterocycles. The van der Waals surface area contributed by atoms with Gasteiger partial charge in [0, 0.05) is 4.90 Å². The van der Waals surface area contributed by atoms with E-state index in [4.69, 9.17) is 9.15 Å². The van der Waals surface area contributed by atoms with E-state index in [9.17, 15) is 18.0 Å². The average molecular weight is 490 g/mol. The highest BCUT2D eigenvalue weighted by Gasteiger charge is 2.30. The average Bonchev–Trinajstić information content (AvgIpc) is 3.17. The number of esters is 1. The van der Waals surface area contributed by atoms with Crippen molar-refractivity contribution in [2.24, 2.45) is 4.99 Å². The zero-order valence-corrected chi connectivity index (χ0v) is 19.6. The molecule has 0 fully saturated rings. The molecule has 0 atom stereocenters. The van der Waals surface area contributed by atoms with Gasteiger partial charge in [0.2, 0.25) is 11.8 Å². The highest BCUT2D eigenvalue weighted by Crippen LogP contribution is 2.35. The van der Waals surface area contributed by atoms with E-state index in [2.05, 4.69) is 15.2 Å². The second-order valence-corrected chi connectivity index (χ2v) is 9.85. The van der Waals surface area contributed by atoms with Crippen molar-refractivity contribution in [1.29, 1.82) is 0 Å². The summed E-state index contributed by atoms with van der Waals surface area (Å²) in [5.74, 6) is 0.0691. The molecule has 0 saturated heterocycles. The first-order chi connectivity index (χ1) is 16.0. The number of hydrogen-bond donors (Lipinski definition) is 0. The van der Waals surface area contributed by atoms with Gasteiger partial charge in [0.05, 0.1) is 23.6 Å². The van der Waals surface area contributed by atoms with Gasteiger partial charge in [-0.1, -0.05) is 36.0 Å². The van der Waals surface area contributed by atoms with E-state index < -0.39 is 23.3 Å². The van der Waals surface area contributed by atoms with Crippen LogP contribution >= 0.6 is 11.8 Å².